The van der Waals surface area contributed by atoms with Crippen LogP contribution in [-0.4, -0.2) is 28.3 Å². The predicted molar refractivity (Wildman–Crippen MR) is 68.3 cm³/mol. The van der Waals surface area contributed by atoms with Gasteiger partial charge in [0.05, 0.1) is 11.7 Å². The number of aliphatic hydroxyl groups excluding tert-OH is 1. The third-order valence-electron chi connectivity index (χ3n) is 3.67. The molecule has 0 heterocycles. The number of phenols is 1. The lowest BCUT2D eigenvalue weighted by molar-refractivity contribution is 0.0232. The van der Waals surface area contributed by atoms with Gasteiger partial charge >= 0.3 is 0 Å². The van der Waals surface area contributed by atoms with Gasteiger partial charge in [0.25, 0.3) is 5.91 Å². The van der Waals surface area contributed by atoms with Crippen LogP contribution < -0.4 is 5.32 Å². The summed E-state index contributed by atoms with van der Waals surface area (Å²) >= 11 is 0. The molecule has 0 aromatic heterocycles. The highest BCUT2D eigenvalue weighted by Gasteiger charge is 2.34. The van der Waals surface area contributed by atoms with Gasteiger partial charge in [-0.1, -0.05) is 6.92 Å². The van der Waals surface area contributed by atoms with Crippen molar-refractivity contribution in [2.75, 3.05) is 0 Å². The second-order valence-electron chi connectivity index (χ2n) is 5.04. The third-order valence-corrected chi connectivity index (χ3v) is 3.67. The molecular formula is C14H18FNO3. The van der Waals surface area contributed by atoms with Gasteiger partial charge < -0.3 is 15.5 Å². The van der Waals surface area contributed by atoms with Crippen LogP contribution >= 0.6 is 0 Å². The van der Waals surface area contributed by atoms with Crippen molar-refractivity contribution in [1.29, 1.82) is 0 Å². The van der Waals surface area contributed by atoms with Gasteiger partial charge in [-0.3, -0.25) is 4.79 Å². The van der Waals surface area contributed by atoms with Crippen molar-refractivity contribution in [2.24, 2.45) is 5.92 Å². The Labute approximate surface area is 111 Å². The molecule has 1 atom stereocenters. The Balaban J connectivity index is 2.05. The largest absolute Gasteiger partial charge is 0.508 e. The lowest BCUT2D eigenvalue weighted by atomic mass is 9.76. The van der Waals surface area contributed by atoms with Gasteiger partial charge in [0.1, 0.15) is 11.6 Å². The van der Waals surface area contributed by atoms with E-state index >= 15 is 0 Å². The second-order valence-corrected chi connectivity index (χ2v) is 5.04. The molecule has 1 aliphatic rings. The van der Waals surface area contributed by atoms with Crippen LogP contribution in [0.2, 0.25) is 0 Å². The average Bonchev–Trinajstić information content (AvgIpc) is 2.35. The smallest absolute Gasteiger partial charge is 0.254 e. The van der Waals surface area contributed by atoms with Crippen LogP contribution in [0.5, 0.6) is 5.75 Å². The lowest BCUT2D eigenvalue weighted by Crippen LogP contribution is -2.46. The molecule has 19 heavy (non-hydrogen) atoms. The Morgan fingerprint density at radius 2 is 2.21 bits per heavy atom. The molecule has 3 N–H and O–H groups in total. The fourth-order valence-electron chi connectivity index (χ4n) is 2.45. The predicted octanol–water partition coefficient (Wildman–Crippen LogP) is 1.81. The minimum Gasteiger partial charge on any atom is -0.508 e. The number of carbonyl (C=O) groups excluding carboxylic acids is 1. The number of nitrogens with one attached hydrogen (secondary N) is 1. The van der Waals surface area contributed by atoms with Gasteiger partial charge in [-0.15, -0.1) is 0 Å². The van der Waals surface area contributed by atoms with Crippen molar-refractivity contribution in [3.63, 3.8) is 0 Å². The number of aromatic hydroxyl groups is 1. The van der Waals surface area contributed by atoms with Crippen LogP contribution in [0, 0.1) is 11.7 Å². The number of hydrogen-bond acceptors (Lipinski definition) is 3. The Hall–Kier alpha value is -1.62. The van der Waals surface area contributed by atoms with E-state index in [1.165, 1.54) is 6.07 Å². The molecule has 1 saturated carbocycles. The van der Waals surface area contributed by atoms with Gasteiger partial charge in [0.15, 0.2) is 0 Å². The maximum Gasteiger partial charge on any atom is 0.254 e. The van der Waals surface area contributed by atoms with Gasteiger partial charge in [0, 0.05) is 6.04 Å². The standard InChI is InChI=1S/C14H18FNO3/c1-2-13(8-5-10(18)6-8)16-14(19)11-7-9(17)3-4-12(11)15/h3-4,7-8,10,13,17-18H,2,5-6H2,1H3,(H,16,19)/t8?,10?,13-/m0/s1. The molecule has 0 aliphatic heterocycles. The van der Waals surface area contributed by atoms with Gasteiger partial charge in [-0.05, 0) is 43.4 Å². The topological polar surface area (TPSA) is 69.6 Å². The SMILES string of the molecule is CC[C@H](NC(=O)c1cc(O)ccc1F)C1CC(O)C1. The molecule has 0 unspecified atom stereocenters. The minimum atomic E-state index is -0.654. The summed E-state index contributed by atoms with van der Waals surface area (Å²) in [6.45, 7) is 1.94. The number of aliphatic hydroxyl groups is 1. The molecule has 5 heteroatoms. The Morgan fingerprint density at radius 3 is 2.79 bits per heavy atom. The summed E-state index contributed by atoms with van der Waals surface area (Å²) in [5.41, 5.74) is -0.154. The molecule has 2 rings (SSSR count). The minimum absolute atomic E-state index is 0.0716. The Morgan fingerprint density at radius 1 is 1.53 bits per heavy atom. The van der Waals surface area contributed by atoms with E-state index in [4.69, 9.17) is 0 Å². The first-order valence-electron chi connectivity index (χ1n) is 6.48. The zero-order chi connectivity index (χ0) is 14.0. The molecule has 4 nitrogen and oxygen atoms in total. The summed E-state index contributed by atoms with van der Waals surface area (Å²) < 4.78 is 13.5. The van der Waals surface area contributed by atoms with Crippen molar-refractivity contribution in [1.82, 2.24) is 5.32 Å². The lowest BCUT2D eigenvalue weighted by Gasteiger charge is -2.37. The van der Waals surface area contributed by atoms with Crippen molar-refractivity contribution in [2.45, 2.75) is 38.3 Å². The highest BCUT2D eigenvalue weighted by Crippen LogP contribution is 2.31. The third kappa shape index (κ3) is 3.04. The van der Waals surface area contributed by atoms with Crippen LogP contribution in [0.25, 0.3) is 0 Å². The zero-order valence-electron chi connectivity index (χ0n) is 10.8. The maximum absolute atomic E-state index is 13.5. The van der Waals surface area contributed by atoms with E-state index in [0.717, 1.165) is 18.6 Å². The number of benzene rings is 1. The molecule has 0 bridgehead atoms. The molecule has 0 radical (unpaired) electrons. The van der Waals surface area contributed by atoms with Crippen molar-refractivity contribution in [3.8, 4) is 5.75 Å². The molecule has 1 aliphatic carbocycles. The number of carbonyl (C=O) groups is 1. The van der Waals surface area contributed by atoms with Gasteiger partial charge in [-0.25, -0.2) is 4.39 Å². The normalized spacial score (nSPS) is 23.5. The molecule has 104 valence electrons. The Kier molecular flexibility index (Phi) is 4.04. The van der Waals surface area contributed by atoms with Crippen LogP contribution in [-0.2, 0) is 0 Å². The number of halogens is 1. The van der Waals surface area contributed by atoms with Crippen molar-refractivity contribution >= 4 is 5.91 Å². The molecule has 1 amide bonds. The first kappa shape index (κ1) is 13.8. The monoisotopic (exact) mass is 267 g/mol. The summed E-state index contributed by atoms with van der Waals surface area (Å²) in [6.07, 6.45) is 1.78. The van der Waals surface area contributed by atoms with Crippen LogP contribution in [0.3, 0.4) is 0 Å². The molecule has 0 saturated heterocycles. The van der Waals surface area contributed by atoms with E-state index in [1.807, 2.05) is 6.92 Å². The van der Waals surface area contributed by atoms with E-state index in [-0.39, 0.29) is 29.4 Å². The summed E-state index contributed by atoms with van der Waals surface area (Å²) in [4.78, 5) is 12.0. The summed E-state index contributed by atoms with van der Waals surface area (Å²) in [7, 11) is 0. The maximum atomic E-state index is 13.5. The fourth-order valence-corrected chi connectivity index (χ4v) is 2.45. The van der Waals surface area contributed by atoms with E-state index in [0.29, 0.717) is 12.8 Å². The first-order chi connectivity index (χ1) is 9.01. The molecule has 0 spiro atoms. The number of amides is 1. The van der Waals surface area contributed by atoms with E-state index in [2.05, 4.69) is 5.32 Å². The molecule has 1 aromatic rings. The quantitative estimate of drug-likeness (QED) is 0.779. The highest BCUT2D eigenvalue weighted by atomic mass is 19.1. The van der Waals surface area contributed by atoms with Gasteiger partial charge in [-0.2, -0.15) is 0 Å². The number of rotatable bonds is 4. The molecule has 1 fully saturated rings. The summed E-state index contributed by atoms with van der Waals surface area (Å²) in [5.74, 6) is -1.08. The van der Waals surface area contributed by atoms with Crippen molar-refractivity contribution < 1.29 is 19.4 Å². The highest BCUT2D eigenvalue weighted by molar-refractivity contribution is 5.95. The molecular weight excluding hydrogens is 249 g/mol. The van der Waals surface area contributed by atoms with Crippen LogP contribution in [0.15, 0.2) is 18.2 Å². The first-order valence-corrected chi connectivity index (χ1v) is 6.48. The average molecular weight is 267 g/mol. The van der Waals surface area contributed by atoms with Gasteiger partial charge in [0.2, 0.25) is 0 Å². The van der Waals surface area contributed by atoms with Crippen LogP contribution in [0.4, 0.5) is 4.39 Å². The van der Waals surface area contributed by atoms with Crippen LogP contribution in [0.1, 0.15) is 36.5 Å². The Bertz CT molecular complexity index is 472. The summed E-state index contributed by atoms with van der Waals surface area (Å²) in [6, 6.07) is 3.31. The fraction of sp³-hybridized carbons (Fsp3) is 0.500. The zero-order valence-corrected chi connectivity index (χ0v) is 10.8. The van der Waals surface area contributed by atoms with E-state index in [9.17, 15) is 19.4 Å². The van der Waals surface area contributed by atoms with E-state index in [1.54, 1.807) is 0 Å². The summed E-state index contributed by atoms with van der Waals surface area (Å²) in [5, 5.41) is 21.4. The van der Waals surface area contributed by atoms with Crippen molar-refractivity contribution in [3.05, 3.63) is 29.6 Å². The van der Waals surface area contributed by atoms with E-state index < -0.39 is 11.7 Å². The molecule has 1 aromatic carbocycles. The second kappa shape index (κ2) is 5.57. The number of phenolic OH excluding ortho intramolecular Hbond substituents is 1. The number of hydrogen-bond donors (Lipinski definition) is 3.